The van der Waals surface area contributed by atoms with Gasteiger partial charge in [-0.2, -0.15) is 11.8 Å². The highest BCUT2D eigenvalue weighted by Crippen LogP contribution is 2.24. The lowest BCUT2D eigenvalue weighted by Crippen LogP contribution is -2.30. The lowest BCUT2D eigenvalue weighted by Gasteiger charge is -2.20. The van der Waals surface area contributed by atoms with Crippen LogP contribution >= 0.6 is 23.1 Å². The van der Waals surface area contributed by atoms with Crippen LogP contribution in [0.5, 0.6) is 0 Å². The molecule has 6 heteroatoms. The van der Waals surface area contributed by atoms with Crippen molar-refractivity contribution in [2.24, 2.45) is 0 Å². The lowest BCUT2D eigenvalue weighted by molar-refractivity contribution is -0.136. The fourth-order valence-corrected chi connectivity index (χ4v) is 3.38. The zero-order chi connectivity index (χ0) is 10.7. The third-order valence-corrected chi connectivity index (χ3v) is 4.19. The number of nitrogens with zero attached hydrogens (tertiary/aromatic N) is 1. The van der Waals surface area contributed by atoms with E-state index in [0.717, 1.165) is 23.1 Å². The molecule has 0 aliphatic carbocycles. The van der Waals surface area contributed by atoms with Crippen LogP contribution in [-0.2, 0) is 11.2 Å². The average Bonchev–Trinajstić information content (AvgIpc) is 2.67. The Morgan fingerprint density at radius 2 is 2.60 bits per heavy atom. The molecule has 0 aromatic carbocycles. The Kier molecular flexibility index (Phi) is 3.61. The molecule has 1 saturated heterocycles. The molecular formula is C9H12N2O2S2. The molecule has 1 fully saturated rings. The van der Waals surface area contributed by atoms with Gasteiger partial charge in [0.25, 0.3) is 0 Å². The van der Waals surface area contributed by atoms with Gasteiger partial charge in [-0.25, -0.2) is 4.98 Å². The van der Waals surface area contributed by atoms with E-state index in [4.69, 9.17) is 5.11 Å². The van der Waals surface area contributed by atoms with Gasteiger partial charge in [0, 0.05) is 23.4 Å². The molecule has 1 aromatic heterocycles. The molecule has 1 atom stereocenters. The Morgan fingerprint density at radius 1 is 1.73 bits per heavy atom. The van der Waals surface area contributed by atoms with Crippen molar-refractivity contribution in [3.63, 3.8) is 0 Å². The highest BCUT2D eigenvalue weighted by molar-refractivity contribution is 7.99. The smallest absolute Gasteiger partial charge is 0.309 e. The molecule has 2 rings (SSSR count). The number of carbonyl (C=O) groups is 1. The van der Waals surface area contributed by atoms with Gasteiger partial charge in [-0.15, -0.1) is 11.3 Å². The fraction of sp³-hybridized carbons (Fsp3) is 0.556. The first-order valence-corrected chi connectivity index (χ1v) is 6.76. The summed E-state index contributed by atoms with van der Waals surface area (Å²) in [6.45, 7) is 1.00. The SMILES string of the molecule is O=C(O)Cc1csc(C2CSCCN2)n1. The maximum Gasteiger partial charge on any atom is 0.309 e. The molecule has 0 spiro atoms. The van der Waals surface area contributed by atoms with Gasteiger partial charge in [-0.3, -0.25) is 4.79 Å². The van der Waals surface area contributed by atoms with Gasteiger partial charge < -0.3 is 10.4 Å². The minimum Gasteiger partial charge on any atom is -0.481 e. The van der Waals surface area contributed by atoms with Crippen LogP contribution in [0.4, 0.5) is 0 Å². The maximum atomic E-state index is 10.5. The molecular weight excluding hydrogens is 232 g/mol. The molecule has 1 unspecified atom stereocenters. The van der Waals surface area contributed by atoms with E-state index in [-0.39, 0.29) is 6.42 Å². The first-order valence-electron chi connectivity index (χ1n) is 4.73. The standard InChI is InChI=1S/C9H12N2O2S2/c12-8(13)3-6-4-15-9(11-6)7-5-14-2-1-10-7/h4,7,10H,1-3,5H2,(H,12,13). The minimum atomic E-state index is -0.821. The molecule has 0 saturated carbocycles. The summed E-state index contributed by atoms with van der Waals surface area (Å²) in [5, 5.41) is 14.9. The van der Waals surface area contributed by atoms with Gasteiger partial charge in [0.1, 0.15) is 5.01 Å². The van der Waals surface area contributed by atoms with Crippen LogP contribution < -0.4 is 5.32 Å². The van der Waals surface area contributed by atoms with E-state index in [9.17, 15) is 4.79 Å². The molecule has 4 nitrogen and oxygen atoms in total. The molecule has 0 radical (unpaired) electrons. The number of carboxylic acid groups (broad SMARTS) is 1. The average molecular weight is 244 g/mol. The summed E-state index contributed by atoms with van der Waals surface area (Å²) in [6.07, 6.45) is 0.0242. The van der Waals surface area contributed by atoms with Crippen molar-refractivity contribution in [3.8, 4) is 0 Å². The first-order chi connectivity index (χ1) is 7.25. The molecule has 0 amide bonds. The third-order valence-electron chi connectivity index (χ3n) is 2.12. The van der Waals surface area contributed by atoms with E-state index in [0.29, 0.717) is 11.7 Å². The summed E-state index contributed by atoms with van der Waals surface area (Å²) in [4.78, 5) is 14.8. The summed E-state index contributed by atoms with van der Waals surface area (Å²) >= 11 is 3.46. The van der Waals surface area contributed by atoms with E-state index in [1.165, 1.54) is 0 Å². The van der Waals surface area contributed by atoms with E-state index < -0.39 is 5.97 Å². The van der Waals surface area contributed by atoms with Gasteiger partial charge >= 0.3 is 5.97 Å². The predicted molar refractivity (Wildman–Crippen MR) is 61.5 cm³/mol. The lowest BCUT2D eigenvalue weighted by atomic mass is 10.3. The topological polar surface area (TPSA) is 62.2 Å². The van der Waals surface area contributed by atoms with Crippen molar-refractivity contribution in [3.05, 3.63) is 16.1 Å². The van der Waals surface area contributed by atoms with E-state index in [2.05, 4.69) is 10.3 Å². The predicted octanol–water partition coefficient (Wildman–Crippen LogP) is 1.15. The second-order valence-electron chi connectivity index (χ2n) is 3.33. The fourth-order valence-electron chi connectivity index (χ4n) is 1.44. The van der Waals surface area contributed by atoms with Gasteiger partial charge in [0.05, 0.1) is 18.2 Å². The van der Waals surface area contributed by atoms with Crippen molar-refractivity contribution in [1.29, 1.82) is 0 Å². The van der Waals surface area contributed by atoms with E-state index >= 15 is 0 Å². The van der Waals surface area contributed by atoms with Gasteiger partial charge in [-0.1, -0.05) is 0 Å². The Labute approximate surface area is 96.1 Å². The number of rotatable bonds is 3. The van der Waals surface area contributed by atoms with Crippen LogP contribution in [-0.4, -0.2) is 34.1 Å². The van der Waals surface area contributed by atoms with Crippen LogP contribution in [0.3, 0.4) is 0 Å². The zero-order valence-corrected chi connectivity index (χ0v) is 9.74. The van der Waals surface area contributed by atoms with Crippen LogP contribution in [0.25, 0.3) is 0 Å². The largest absolute Gasteiger partial charge is 0.481 e. The number of nitrogens with one attached hydrogen (secondary N) is 1. The number of aliphatic carboxylic acids is 1. The Morgan fingerprint density at radius 3 is 3.27 bits per heavy atom. The Hall–Kier alpha value is -0.590. The summed E-state index contributed by atoms with van der Waals surface area (Å²) in [7, 11) is 0. The van der Waals surface area contributed by atoms with Crippen molar-refractivity contribution in [1.82, 2.24) is 10.3 Å². The van der Waals surface area contributed by atoms with Crippen LogP contribution in [0, 0.1) is 0 Å². The van der Waals surface area contributed by atoms with Crippen molar-refractivity contribution >= 4 is 29.1 Å². The summed E-state index contributed by atoms with van der Waals surface area (Å²) in [5.74, 6) is 1.35. The second-order valence-corrected chi connectivity index (χ2v) is 5.37. The number of thioether (sulfide) groups is 1. The molecule has 1 aromatic rings. The van der Waals surface area contributed by atoms with Crippen molar-refractivity contribution in [2.45, 2.75) is 12.5 Å². The number of thiazole rings is 1. The van der Waals surface area contributed by atoms with Crippen LogP contribution in [0.1, 0.15) is 16.7 Å². The summed E-state index contributed by atoms with van der Waals surface area (Å²) in [5.41, 5.74) is 0.667. The number of aromatic nitrogens is 1. The minimum absolute atomic E-state index is 0.0242. The van der Waals surface area contributed by atoms with E-state index in [1.54, 1.807) is 11.3 Å². The van der Waals surface area contributed by atoms with Gasteiger partial charge in [0.2, 0.25) is 0 Å². The van der Waals surface area contributed by atoms with Gasteiger partial charge in [-0.05, 0) is 0 Å². The molecule has 0 bridgehead atoms. The number of carboxylic acids is 1. The second kappa shape index (κ2) is 4.96. The highest BCUT2D eigenvalue weighted by atomic mass is 32.2. The van der Waals surface area contributed by atoms with Crippen LogP contribution in [0.2, 0.25) is 0 Å². The monoisotopic (exact) mass is 244 g/mol. The molecule has 1 aliphatic heterocycles. The zero-order valence-electron chi connectivity index (χ0n) is 8.10. The quantitative estimate of drug-likeness (QED) is 0.835. The maximum absolute atomic E-state index is 10.5. The number of hydrogen-bond acceptors (Lipinski definition) is 5. The normalized spacial score (nSPS) is 21.5. The summed E-state index contributed by atoms with van der Waals surface area (Å²) < 4.78 is 0. The van der Waals surface area contributed by atoms with Crippen LogP contribution in [0.15, 0.2) is 5.38 Å². The third kappa shape index (κ3) is 2.93. The molecule has 82 valence electrons. The van der Waals surface area contributed by atoms with Crippen molar-refractivity contribution in [2.75, 3.05) is 18.1 Å². The Balaban J connectivity index is 2.02. The highest BCUT2D eigenvalue weighted by Gasteiger charge is 2.18. The van der Waals surface area contributed by atoms with Gasteiger partial charge in [0.15, 0.2) is 0 Å². The molecule has 1 aliphatic rings. The number of hydrogen-bond donors (Lipinski definition) is 2. The summed E-state index contributed by atoms with van der Waals surface area (Å²) in [6, 6.07) is 0.302. The molecule has 15 heavy (non-hydrogen) atoms. The Bertz CT molecular complexity index is 348. The van der Waals surface area contributed by atoms with Crippen molar-refractivity contribution < 1.29 is 9.90 Å². The first kappa shape index (κ1) is 10.9. The van der Waals surface area contributed by atoms with E-state index in [1.807, 2.05) is 17.1 Å². The molecule has 2 heterocycles. The molecule has 2 N–H and O–H groups in total.